The average molecular weight is 420 g/mol. The van der Waals surface area contributed by atoms with E-state index >= 15 is 0 Å². The van der Waals surface area contributed by atoms with E-state index in [1.54, 1.807) is 17.0 Å². The molecule has 2 saturated heterocycles. The fourth-order valence-corrected chi connectivity index (χ4v) is 3.85. The predicted molar refractivity (Wildman–Crippen MR) is 108 cm³/mol. The Morgan fingerprint density at radius 3 is 2.87 bits per heavy atom. The first kappa shape index (κ1) is 22.0. The second kappa shape index (κ2) is 10.4. The van der Waals surface area contributed by atoms with Crippen LogP contribution >= 0.6 is 0 Å². The van der Waals surface area contributed by atoms with Crippen LogP contribution in [-0.4, -0.2) is 73.4 Å². The number of carbonyl (C=O) groups excluding carboxylic acids is 3. The van der Waals surface area contributed by atoms with Crippen molar-refractivity contribution in [3.63, 3.8) is 0 Å². The topological polar surface area (TPSA) is 91.0 Å². The third-order valence-corrected chi connectivity index (χ3v) is 5.58. The molecule has 1 atom stereocenters. The van der Waals surface area contributed by atoms with Crippen LogP contribution in [0.25, 0.3) is 0 Å². The van der Waals surface area contributed by atoms with E-state index in [-0.39, 0.29) is 30.7 Å². The summed E-state index contributed by atoms with van der Waals surface area (Å²) in [5.41, 5.74) is 0.444. The highest BCUT2D eigenvalue weighted by Crippen LogP contribution is 2.20. The zero-order chi connectivity index (χ0) is 21.5. The Labute approximate surface area is 175 Å². The van der Waals surface area contributed by atoms with Gasteiger partial charge in [0.25, 0.3) is 0 Å². The normalized spacial score (nSPS) is 20.1. The van der Waals surface area contributed by atoms with Crippen molar-refractivity contribution < 1.29 is 23.5 Å². The molecule has 0 spiro atoms. The number of carbonyl (C=O) groups is 3. The SMILES string of the molecule is COc1ccc(CN2CCNC(=O)[C@H]2CC(=O)NCCN2CCCCC2=O)c(F)c1. The van der Waals surface area contributed by atoms with Gasteiger partial charge in [0.05, 0.1) is 19.6 Å². The Balaban J connectivity index is 1.54. The molecule has 2 aliphatic heterocycles. The lowest BCUT2D eigenvalue weighted by atomic mass is 10.1. The third kappa shape index (κ3) is 5.69. The van der Waals surface area contributed by atoms with E-state index in [9.17, 15) is 18.8 Å². The van der Waals surface area contributed by atoms with E-state index in [0.717, 1.165) is 19.4 Å². The van der Waals surface area contributed by atoms with Crippen molar-refractivity contribution >= 4 is 17.7 Å². The highest BCUT2D eigenvalue weighted by atomic mass is 19.1. The maximum atomic E-state index is 14.3. The van der Waals surface area contributed by atoms with Gasteiger partial charge in [-0.3, -0.25) is 19.3 Å². The minimum atomic E-state index is -0.670. The van der Waals surface area contributed by atoms with Gasteiger partial charge in [0.1, 0.15) is 11.6 Å². The van der Waals surface area contributed by atoms with Crippen LogP contribution in [0.4, 0.5) is 4.39 Å². The monoisotopic (exact) mass is 420 g/mol. The molecule has 30 heavy (non-hydrogen) atoms. The summed E-state index contributed by atoms with van der Waals surface area (Å²) in [5.74, 6) is -0.362. The fraction of sp³-hybridized carbons (Fsp3) is 0.571. The van der Waals surface area contributed by atoms with Crippen molar-refractivity contribution in [3.05, 3.63) is 29.6 Å². The summed E-state index contributed by atoms with van der Waals surface area (Å²) < 4.78 is 19.4. The zero-order valence-electron chi connectivity index (χ0n) is 17.3. The smallest absolute Gasteiger partial charge is 0.237 e. The first-order chi connectivity index (χ1) is 14.5. The molecule has 0 bridgehead atoms. The van der Waals surface area contributed by atoms with Gasteiger partial charge in [0, 0.05) is 57.3 Å². The second-order valence-corrected chi connectivity index (χ2v) is 7.63. The van der Waals surface area contributed by atoms with Crippen molar-refractivity contribution in [2.75, 3.05) is 39.8 Å². The summed E-state index contributed by atoms with van der Waals surface area (Å²) in [6.45, 7) is 2.75. The van der Waals surface area contributed by atoms with Crippen LogP contribution in [0.1, 0.15) is 31.2 Å². The predicted octanol–water partition coefficient (Wildman–Crippen LogP) is 0.654. The molecule has 0 saturated carbocycles. The van der Waals surface area contributed by atoms with Crippen LogP contribution < -0.4 is 15.4 Å². The van der Waals surface area contributed by atoms with Crippen LogP contribution in [0, 0.1) is 5.82 Å². The molecule has 0 unspecified atom stereocenters. The molecule has 0 radical (unpaired) electrons. The molecule has 1 aromatic carbocycles. The van der Waals surface area contributed by atoms with E-state index in [2.05, 4.69) is 10.6 Å². The maximum absolute atomic E-state index is 14.3. The summed E-state index contributed by atoms with van der Waals surface area (Å²) in [6.07, 6.45) is 2.45. The van der Waals surface area contributed by atoms with Crippen molar-refractivity contribution in [2.45, 2.75) is 38.3 Å². The zero-order valence-corrected chi connectivity index (χ0v) is 17.3. The number of likely N-dealkylation sites (tertiary alicyclic amines) is 1. The van der Waals surface area contributed by atoms with Gasteiger partial charge in [-0.2, -0.15) is 0 Å². The van der Waals surface area contributed by atoms with E-state index in [1.807, 2.05) is 4.90 Å². The van der Waals surface area contributed by atoms with Gasteiger partial charge < -0.3 is 20.3 Å². The Bertz CT molecular complexity index is 788. The quantitative estimate of drug-likeness (QED) is 0.645. The molecular formula is C21H29FN4O4. The fourth-order valence-electron chi connectivity index (χ4n) is 3.85. The lowest BCUT2D eigenvalue weighted by Crippen LogP contribution is -2.56. The van der Waals surface area contributed by atoms with Gasteiger partial charge in [-0.05, 0) is 18.9 Å². The molecule has 2 fully saturated rings. The maximum Gasteiger partial charge on any atom is 0.237 e. The number of amides is 3. The van der Waals surface area contributed by atoms with Gasteiger partial charge in [-0.1, -0.05) is 6.07 Å². The van der Waals surface area contributed by atoms with E-state index in [4.69, 9.17) is 4.74 Å². The second-order valence-electron chi connectivity index (χ2n) is 7.63. The number of methoxy groups -OCH3 is 1. The Morgan fingerprint density at radius 1 is 1.30 bits per heavy atom. The molecule has 8 nitrogen and oxygen atoms in total. The van der Waals surface area contributed by atoms with Gasteiger partial charge in [-0.25, -0.2) is 4.39 Å². The molecule has 164 valence electrons. The standard InChI is InChI=1S/C21H29FN4O4/c1-30-16-6-5-15(17(22)12-16)14-26-11-8-24-21(29)18(26)13-19(27)23-7-10-25-9-3-2-4-20(25)28/h5-6,12,18H,2-4,7-11,13-14H2,1H3,(H,23,27)(H,24,29)/t18-/m1/s1. The molecule has 2 heterocycles. The molecule has 0 aliphatic carbocycles. The van der Waals surface area contributed by atoms with Crippen molar-refractivity contribution in [1.29, 1.82) is 0 Å². The lowest BCUT2D eigenvalue weighted by molar-refractivity contribution is -0.134. The minimum absolute atomic E-state index is 0.0163. The molecule has 2 aliphatic rings. The Morgan fingerprint density at radius 2 is 2.13 bits per heavy atom. The number of rotatable bonds is 8. The van der Waals surface area contributed by atoms with Crippen molar-refractivity contribution in [2.24, 2.45) is 0 Å². The number of ether oxygens (including phenoxy) is 1. The molecule has 3 rings (SSSR count). The molecule has 2 N–H and O–H groups in total. The molecule has 9 heteroatoms. The molecule has 0 aromatic heterocycles. The summed E-state index contributed by atoms with van der Waals surface area (Å²) >= 11 is 0. The summed E-state index contributed by atoms with van der Waals surface area (Å²) in [6, 6.07) is 3.94. The third-order valence-electron chi connectivity index (χ3n) is 5.58. The summed E-state index contributed by atoms with van der Waals surface area (Å²) in [4.78, 5) is 40.2. The van der Waals surface area contributed by atoms with Crippen molar-refractivity contribution in [1.82, 2.24) is 20.4 Å². The molecule has 3 amide bonds. The number of nitrogens with zero attached hydrogens (tertiary/aromatic N) is 2. The van der Waals surface area contributed by atoms with Crippen LogP contribution in [0.3, 0.4) is 0 Å². The number of nitrogens with one attached hydrogen (secondary N) is 2. The highest BCUT2D eigenvalue weighted by Gasteiger charge is 2.32. The van der Waals surface area contributed by atoms with Gasteiger partial charge >= 0.3 is 0 Å². The number of hydrogen-bond acceptors (Lipinski definition) is 5. The summed E-state index contributed by atoms with van der Waals surface area (Å²) in [5, 5.41) is 5.57. The first-order valence-electron chi connectivity index (χ1n) is 10.4. The molecular weight excluding hydrogens is 391 g/mol. The average Bonchev–Trinajstić information content (AvgIpc) is 2.73. The van der Waals surface area contributed by atoms with Gasteiger partial charge in [0.15, 0.2) is 0 Å². The Hall–Kier alpha value is -2.68. The number of piperazine rings is 1. The van der Waals surface area contributed by atoms with E-state index in [1.165, 1.54) is 13.2 Å². The number of halogens is 1. The largest absolute Gasteiger partial charge is 0.497 e. The first-order valence-corrected chi connectivity index (χ1v) is 10.4. The van der Waals surface area contributed by atoms with Gasteiger partial charge in [-0.15, -0.1) is 0 Å². The highest BCUT2D eigenvalue weighted by molar-refractivity contribution is 5.88. The van der Waals surface area contributed by atoms with Gasteiger partial charge in [0.2, 0.25) is 17.7 Å². The van der Waals surface area contributed by atoms with E-state index < -0.39 is 11.9 Å². The van der Waals surface area contributed by atoms with Crippen LogP contribution in [0.5, 0.6) is 5.75 Å². The minimum Gasteiger partial charge on any atom is -0.497 e. The Kier molecular flexibility index (Phi) is 7.62. The molecule has 1 aromatic rings. The van der Waals surface area contributed by atoms with Crippen molar-refractivity contribution in [3.8, 4) is 5.75 Å². The van der Waals surface area contributed by atoms with E-state index in [0.29, 0.717) is 43.9 Å². The van der Waals surface area contributed by atoms with Crippen LogP contribution in [0.15, 0.2) is 18.2 Å². The number of piperidine rings is 1. The summed E-state index contributed by atoms with van der Waals surface area (Å²) in [7, 11) is 1.47. The number of benzene rings is 1. The lowest BCUT2D eigenvalue weighted by Gasteiger charge is -2.34. The number of hydrogen-bond donors (Lipinski definition) is 2. The van der Waals surface area contributed by atoms with Crippen LogP contribution in [0.2, 0.25) is 0 Å². The van der Waals surface area contributed by atoms with Crippen LogP contribution in [-0.2, 0) is 20.9 Å².